The molecule has 3 N–H and O–H groups in total. The van der Waals surface area contributed by atoms with Crippen LogP contribution in [0.2, 0.25) is 0 Å². The molecule has 3 aromatic heterocycles. The van der Waals surface area contributed by atoms with E-state index in [0.29, 0.717) is 28.9 Å². The highest BCUT2D eigenvalue weighted by molar-refractivity contribution is 8.03. The molecule has 1 aromatic carbocycles. The Kier molecular flexibility index (Phi) is 6.76. The third-order valence-electron chi connectivity index (χ3n) is 6.43. The number of hydrogen-bond donors (Lipinski definition) is 2. The fourth-order valence-corrected chi connectivity index (χ4v) is 6.54. The van der Waals surface area contributed by atoms with E-state index in [4.69, 9.17) is 20.0 Å². The number of nitrogens with zero attached hydrogens (tertiary/aromatic N) is 4. The molecule has 0 aliphatic carbocycles. The lowest BCUT2D eigenvalue weighted by Crippen LogP contribution is -2.40. The molecule has 8 nitrogen and oxygen atoms in total. The summed E-state index contributed by atoms with van der Waals surface area (Å²) in [5.74, 6) is 1.76. The minimum absolute atomic E-state index is 0.314. The SMILES string of the molecule is Cc1noc2nccc(Sc3cnc(N4C(C5CCNCC5)=CSC4N)c(Oc4ccc(F)cc4)c3)c12. The molecule has 2 aliphatic heterocycles. The van der Waals surface area contributed by atoms with Gasteiger partial charge in [-0.15, -0.1) is 0 Å². The number of aryl methyl sites for hydroxylation is 1. The van der Waals surface area contributed by atoms with E-state index >= 15 is 0 Å². The van der Waals surface area contributed by atoms with Gasteiger partial charge in [0.15, 0.2) is 11.6 Å². The van der Waals surface area contributed by atoms with E-state index in [2.05, 4.69) is 25.8 Å². The number of allylic oxidation sites excluding steroid dienone is 1. The Morgan fingerprint density at radius 2 is 2.00 bits per heavy atom. The fourth-order valence-electron chi connectivity index (χ4n) is 4.62. The van der Waals surface area contributed by atoms with Gasteiger partial charge < -0.3 is 25.2 Å². The minimum Gasteiger partial charge on any atom is -0.453 e. The van der Waals surface area contributed by atoms with Crippen molar-refractivity contribution < 1.29 is 13.7 Å². The van der Waals surface area contributed by atoms with Crippen molar-refractivity contribution in [3.63, 3.8) is 0 Å². The lowest BCUT2D eigenvalue weighted by atomic mass is 9.94. The maximum atomic E-state index is 13.6. The molecule has 1 saturated heterocycles. The average Bonchev–Trinajstić information content (AvgIpc) is 3.49. The van der Waals surface area contributed by atoms with Crippen LogP contribution < -0.4 is 20.7 Å². The van der Waals surface area contributed by atoms with Crippen LogP contribution in [-0.4, -0.2) is 33.7 Å². The number of thioether (sulfide) groups is 1. The Bertz CT molecular complexity index is 1460. The Balaban J connectivity index is 1.39. The van der Waals surface area contributed by atoms with Gasteiger partial charge in [-0.2, -0.15) is 0 Å². The summed E-state index contributed by atoms with van der Waals surface area (Å²) in [6.07, 6.45) is 5.59. The number of nitrogens with two attached hydrogens (primary N) is 1. The first-order chi connectivity index (χ1) is 18.1. The van der Waals surface area contributed by atoms with Crippen LogP contribution in [0, 0.1) is 18.7 Å². The predicted molar refractivity (Wildman–Crippen MR) is 143 cm³/mol. The molecule has 5 heterocycles. The zero-order chi connectivity index (χ0) is 25.4. The molecule has 6 rings (SSSR count). The van der Waals surface area contributed by atoms with Crippen LogP contribution in [0.4, 0.5) is 10.2 Å². The van der Waals surface area contributed by atoms with Crippen LogP contribution in [0.3, 0.4) is 0 Å². The quantitative estimate of drug-likeness (QED) is 0.322. The van der Waals surface area contributed by atoms with Crippen molar-refractivity contribution in [3.05, 3.63) is 71.4 Å². The maximum absolute atomic E-state index is 13.6. The van der Waals surface area contributed by atoms with Crippen LogP contribution in [0.1, 0.15) is 18.5 Å². The third kappa shape index (κ3) is 4.91. The number of aromatic nitrogens is 3. The van der Waals surface area contributed by atoms with E-state index in [0.717, 1.165) is 52.5 Å². The van der Waals surface area contributed by atoms with Crippen molar-refractivity contribution in [1.29, 1.82) is 0 Å². The molecule has 4 aromatic rings. The lowest BCUT2D eigenvalue weighted by molar-refractivity contribution is 0.410. The number of pyridine rings is 2. The summed E-state index contributed by atoms with van der Waals surface area (Å²) in [4.78, 5) is 13.0. The molecule has 190 valence electrons. The van der Waals surface area contributed by atoms with Gasteiger partial charge in [0.05, 0.1) is 11.1 Å². The first-order valence-corrected chi connectivity index (χ1v) is 13.8. The monoisotopic (exact) mass is 536 g/mol. The predicted octanol–water partition coefficient (Wildman–Crippen LogP) is 5.65. The molecule has 37 heavy (non-hydrogen) atoms. The second-order valence-corrected chi connectivity index (χ2v) is 11.0. The van der Waals surface area contributed by atoms with Gasteiger partial charge in [0, 0.05) is 39.9 Å². The van der Waals surface area contributed by atoms with Crippen LogP contribution in [0.15, 0.2) is 74.2 Å². The average molecular weight is 537 g/mol. The zero-order valence-corrected chi connectivity index (χ0v) is 21.7. The van der Waals surface area contributed by atoms with Gasteiger partial charge >= 0.3 is 0 Å². The largest absolute Gasteiger partial charge is 0.453 e. The van der Waals surface area contributed by atoms with Gasteiger partial charge in [-0.05, 0) is 68.6 Å². The highest BCUT2D eigenvalue weighted by Gasteiger charge is 2.34. The summed E-state index contributed by atoms with van der Waals surface area (Å²) in [5, 5.41) is 10.5. The summed E-state index contributed by atoms with van der Waals surface area (Å²) >= 11 is 3.10. The van der Waals surface area contributed by atoms with Gasteiger partial charge in [-0.1, -0.05) is 28.7 Å². The van der Waals surface area contributed by atoms with Crippen molar-refractivity contribution in [2.45, 2.75) is 35.1 Å². The Morgan fingerprint density at radius 3 is 2.81 bits per heavy atom. The number of rotatable bonds is 6. The number of ether oxygens (including phenoxy) is 1. The Morgan fingerprint density at radius 1 is 1.19 bits per heavy atom. The smallest absolute Gasteiger partial charge is 0.259 e. The number of fused-ring (bicyclic) bond motifs is 1. The highest BCUT2D eigenvalue weighted by Crippen LogP contribution is 2.45. The Labute approximate surface area is 221 Å². The number of nitrogens with one attached hydrogen (secondary N) is 1. The van der Waals surface area contributed by atoms with Crippen molar-refractivity contribution in [1.82, 2.24) is 20.4 Å². The number of benzene rings is 1. The molecule has 0 radical (unpaired) electrons. The van der Waals surface area contributed by atoms with Gasteiger partial charge in [-0.25, -0.2) is 14.4 Å². The van der Waals surface area contributed by atoms with Crippen LogP contribution in [-0.2, 0) is 0 Å². The number of hydrogen-bond acceptors (Lipinski definition) is 10. The van der Waals surface area contributed by atoms with Crippen molar-refractivity contribution in [2.75, 3.05) is 18.0 Å². The van der Waals surface area contributed by atoms with Crippen LogP contribution in [0.25, 0.3) is 11.1 Å². The molecule has 2 aliphatic rings. The molecular formula is C26H25FN6O2S2. The summed E-state index contributed by atoms with van der Waals surface area (Å²) in [6, 6.07) is 9.84. The van der Waals surface area contributed by atoms with E-state index in [1.54, 1.807) is 30.1 Å². The van der Waals surface area contributed by atoms with Crippen LogP contribution in [0.5, 0.6) is 11.5 Å². The molecule has 0 amide bonds. The normalized spacial score (nSPS) is 18.4. The molecule has 0 bridgehead atoms. The van der Waals surface area contributed by atoms with Gasteiger partial charge in [0.1, 0.15) is 17.1 Å². The second kappa shape index (κ2) is 10.3. The van der Waals surface area contributed by atoms with Crippen molar-refractivity contribution in [3.8, 4) is 11.5 Å². The first-order valence-electron chi connectivity index (χ1n) is 12.0. The second-order valence-electron chi connectivity index (χ2n) is 8.87. The molecule has 1 fully saturated rings. The topological polar surface area (TPSA) is 102 Å². The van der Waals surface area contributed by atoms with Crippen molar-refractivity contribution >= 4 is 40.4 Å². The molecule has 11 heteroatoms. The molecule has 1 unspecified atom stereocenters. The summed E-state index contributed by atoms with van der Waals surface area (Å²) in [5.41, 5.74) is 8.68. The van der Waals surface area contributed by atoms with E-state index in [9.17, 15) is 4.39 Å². The standard InChI is InChI=1S/C26H25FN6O2S2/c1-15-23-22(8-11-30-25(23)35-32-15)37-19-12-21(34-18-4-2-17(27)3-5-18)24(31-13-19)33-20(14-36-26(33)28)16-6-9-29-10-7-16/h2-5,8,11-14,16,26,29H,6-7,9-10,28H2,1H3. The number of halogens is 1. The van der Waals surface area contributed by atoms with Gasteiger partial charge in [-0.3, -0.25) is 0 Å². The summed E-state index contributed by atoms with van der Waals surface area (Å²) in [7, 11) is 0. The van der Waals surface area contributed by atoms with Gasteiger partial charge in [0.25, 0.3) is 5.71 Å². The summed E-state index contributed by atoms with van der Waals surface area (Å²) in [6.45, 7) is 3.84. The maximum Gasteiger partial charge on any atom is 0.259 e. The molecular weight excluding hydrogens is 511 g/mol. The summed E-state index contributed by atoms with van der Waals surface area (Å²) < 4.78 is 25.2. The number of piperidine rings is 1. The number of anilines is 1. The molecule has 1 atom stereocenters. The van der Waals surface area contributed by atoms with E-state index in [1.165, 1.54) is 23.9 Å². The Hall–Kier alpha value is -3.12. The van der Waals surface area contributed by atoms with Crippen molar-refractivity contribution in [2.24, 2.45) is 11.7 Å². The van der Waals surface area contributed by atoms with E-state index in [1.807, 2.05) is 25.3 Å². The van der Waals surface area contributed by atoms with E-state index in [-0.39, 0.29) is 11.3 Å². The van der Waals surface area contributed by atoms with Crippen LogP contribution >= 0.6 is 23.5 Å². The fraction of sp³-hybridized carbons (Fsp3) is 0.269. The molecule has 0 saturated carbocycles. The molecule has 0 spiro atoms. The lowest BCUT2D eigenvalue weighted by Gasteiger charge is -2.33. The van der Waals surface area contributed by atoms with Gasteiger partial charge in [0.2, 0.25) is 0 Å². The van der Waals surface area contributed by atoms with E-state index < -0.39 is 0 Å². The first kappa shape index (κ1) is 24.2. The highest BCUT2D eigenvalue weighted by atomic mass is 32.2. The zero-order valence-electron chi connectivity index (χ0n) is 20.1. The minimum atomic E-state index is -0.324. The third-order valence-corrected chi connectivity index (χ3v) is 8.32.